The fourth-order valence-electron chi connectivity index (χ4n) is 3.71. The van der Waals surface area contributed by atoms with Gasteiger partial charge in [-0.1, -0.05) is 30.3 Å². The van der Waals surface area contributed by atoms with Crippen molar-refractivity contribution < 1.29 is 19.6 Å². The molecule has 2 fully saturated rings. The quantitative estimate of drug-likeness (QED) is 0.506. The number of esters is 1. The normalized spacial score (nSPS) is 26.3. The van der Waals surface area contributed by atoms with Crippen LogP contribution in [0.4, 0.5) is 0 Å². The van der Waals surface area contributed by atoms with Crippen molar-refractivity contribution in [2.24, 2.45) is 0 Å². The van der Waals surface area contributed by atoms with E-state index >= 15 is 0 Å². The van der Waals surface area contributed by atoms with Gasteiger partial charge in [0.05, 0.1) is 6.61 Å². The van der Waals surface area contributed by atoms with Gasteiger partial charge in [-0.05, 0) is 38.3 Å². The lowest BCUT2D eigenvalue weighted by atomic mass is 9.98. The minimum absolute atomic E-state index is 0.00367. The van der Waals surface area contributed by atoms with Gasteiger partial charge in [0, 0.05) is 17.0 Å². The predicted molar refractivity (Wildman–Crippen MR) is 92.9 cm³/mol. The maximum Gasteiger partial charge on any atom is 0.316 e. The van der Waals surface area contributed by atoms with Crippen LogP contribution < -0.4 is 0 Å². The molecule has 2 bridgehead atoms. The van der Waals surface area contributed by atoms with E-state index in [1.165, 1.54) is 12.8 Å². The molecule has 7 nitrogen and oxygen atoms in total. The first-order valence-electron chi connectivity index (χ1n) is 8.58. The summed E-state index contributed by atoms with van der Waals surface area (Å²) in [6, 6.07) is 10.5. The van der Waals surface area contributed by atoms with E-state index in [1.807, 2.05) is 30.3 Å². The van der Waals surface area contributed by atoms with E-state index in [1.54, 1.807) is 0 Å². The van der Waals surface area contributed by atoms with E-state index in [9.17, 15) is 9.90 Å². The highest BCUT2D eigenvalue weighted by Gasteiger charge is 2.40. The third-order valence-corrected chi connectivity index (χ3v) is 5.01. The van der Waals surface area contributed by atoms with Gasteiger partial charge in [-0.25, -0.2) is 0 Å². The number of benzene rings is 1. The predicted octanol–water partition coefficient (Wildman–Crippen LogP) is 1.82. The summed E-state index contributed by atoms with van der Waals surface area (Å²) in [7, 11) is 3.06. The second-order valence-corrected chi connectivity index (χ2v) is 6.67. The van der Waals surface area contributed by atoms with Crippen LogP contribution >= 0.6 is 0 Å². The van der Waals surface area contributed by atoms with Crippen molar-refractivity contribution in [3.05, 3.63) is 46.0 Å². The average Bonchev–Trinajstić information content (AvgIpc) is 2.78. The van der Waals surface area contributed by atoms with Gasteiger partial charge in [0.15, 0.2) is 7.05 Å². The molecule has 2 aliphatic heterocycles. The molecule has 1 aromatic carbocycles. The number of hydrogen-bond acceptors (Lipinski definition) is 6. The van der Waals surface area contributed by atoms with Crippen LogP contribution in [-0.4, -0.2) is 59.8 Å². The smallest absolute Gasteiger partial charge is 0.316 e. The van der Waals surface area contributed by atoms with Gasteiger partial charge in [-0.2, -0.15) is 0 Å². The Morgan fingerprint density at radius 1 is 1.32 bits per heavy atom. The fourth-order valence-corrected chi connectivity index (χ4v) is 3.71. The van der Waals surface area contributed by atoms with E-state index in [0.29, 0.717) is 12.1 Å². The number of nitro groups is 1. The number of hydrogen-bond donors (Lipinski definition) is 1. The van der Waals surface area contributed by atoms with Crippen LogP contribution in [0.25, 0.3) is 0 Å². The van der Waals surface area contributed by atoms with E-state index in [0.717, 1.165) is 25.5 Å². The van der Waals surface area contributed by atoms with Crippen molar-refractivity contribution in [1.29, 1.82) is 0 Å². The second-order valence-electron chi connectivity index (χ2n) is 6.67. The first kappa shape index (κ1) is 19.3. The molecule has 25 heavy (non-hydrogen) atoms. The fraction of sp³-hybridized carbons (Fsp3) is 0.611. The second kappa shape index (κ2) is 8.92. The summed E-state index contributed by atoms with van der Waals surface area (Å²) in [6.45, 7) is -0.206. The molecule has 2 heterocycles. The van der Waals surface area contributed by atoms with Gasteiger partial charge in [0.1, 0.15) is 12.0 Å². The zero-order valence-corrected chi connectivity index (χ0v) is 14.7. The summed E-state index contributed by atoms with van der Waals surface area (Å²) in [5.41, 5.74) is 0.820. The third-order valence-electron chi connectivity index (χ3n) is 5.01. The van der Waals surface area contributed by atoms with Gasteiger partial charge in [0.2, 0.25) is 0 Å². The van der Waals surface area contributed by atoms with Crippen molar-refractivity contribution >= 4 is 5.97 Å². The number of carbonyl (C=O) groups excluding carboxylic acids is 1. The Bertz CT molecular complexity index is 562. The number of ether oxygens (including phenoxy) is 1. The van der Waals surface area contributed by atoms with Gasteiger partial charge in [-0.15, -0.1) is 0 Å². The number of rotatable bonds is 4. The molecule has 0 radical (unpaired) electrons. The molecule has 0 aromatic heterocycles. The molecular weight excluding hydrogens is 324 g/mol. The summed E-state index contributed by atoms with van der Waals surface area (Å²) >= 11 is 0. The Balaban J connectivity index is 0.000000511. The van der Waals surface area contributed by atoms with Crippen LogP contribution in [0.5, 0.6) is 0 Å². The molecule has 0 amide bonds. The van der Waals surface area contributed by atoms with Crippen molar-refractivity contribution in [2.45, 2.75) is 49.8 Å². The minimum Gasteiger partial charge on any atom is -0.462 e. The molecule has 0 saturated carbocycles. The lowest BCUT2D eigenvalue weighted by Crippen LogP contribution is -2.43. The third kappa shape index (κ3) is 5.24. The van der Waals surface area contributed by atoms with Crippen LogP contribution in [-0.2, 0) is 9.53 Å². The highest BCUT2D eigenvalue weighted by Crippen LogP contribution is 2.36. The van der Waals surface area contributed by atoms with Crippen LogP contribution in [0.15, 0.2) is 30.3 Å². The van der Waals surface area contributed by atoms with Crippen LogP contribution in [0, 0.1) is 10.1 Å². The highest BCUT2D eigenvalue weighted by molar-refractivity contribution is 5.78. The lowest BCUT2D eigenvalue weighted by molar-refractivity contribution is -0.445. The van der Waals surface area contributed by atoms with Gasteiger partial charge < -0.3 is 14.7 Å². The Kier molecular flexibility index (Phi) is 6.90. The Hall–Kier alpha value is -1.99. The maximum absolute atomic E-state index is 12.4. The van der Waals surface area contributed by atoms with E-state index in [4.69, 9.17) is 14.9 Å². The molecule has 3 rings (SSSR count). The average molecular weight is 350 g/mol. The van der Waals surface area contributed by atoms with Gasteiger partial charge >= 0.3 is 5.97 Å². The number of aliphatic hydroxyl groups excluding tert-OH is 1. The molecule has 2 aliphatic rings. The molecule has 2 saturated heterocycles. The summed E-state index contributed by atoms with van der Waals surface area (Å²) < 4.78 is 5.70. The number of fused-ring (bicyclic) bond motifs is 2. The molecule has 0 spiro atoms. The zero-order valence-electron chi connectivity index (χ0n) is 14.7. The van der Waals surface area contributed by atoms with Crippen LogP contribution in [0.1, 0.15) is 37.2 Å². The number of nitrogens with zero attached hydrogens (tertiary/aromatic N) is 2. The van der Waals surface area contributed by atoms with E-state index in [2.05, 4.69) is 11.9 Å². The van der Waals surface area contributed by atoms with Gasteiger partial charge in [0.25, 0.3) is 0 Å². The topological polar surface area (TPSA) is 92.9 Å². The van der Waals surface area contributed by atoms with Crippen LogP contribution in [0.3, 0.4) is 0 Å². The van der Waals surface area contributed by atoms with E-state index in [-0.39, 0.29) is 18.7 Å². The summed E-state index contributed by atoms with van der Waals surface area (Å²) in [4.78, 5) is 23.1. The molecule has 7 heteroatoms. The molecule has 3 atom stereocenters. The molecule has 1 aromatic rings. The van der Waals surface area contributed by atoms with Crippen molar-refractivity contribution in [3.63, 3.8) is 0 Å². The standard InChI is InChI=1S/C17H23NO3.CH3NO2/c1-18-13-7-8-14(18)10-15(9-13)21-17(20)16(11-19)12-5-3-2-4-6-12;1-2(3)4/h2-6,13-16,19H,7-11H2,1H3;1H3. The summed E-state index contributed by atoms with van der Waals surface area (Å²) in [6.07, 6.45) is 4.26. The number of carbonyl (C=O) groups is 1. The Morgan fingerprint density at radius 2 is 1.84 bits per heavy atom. The SMILES string of the molecule is CN1C2CCC1CC(OC(=O)C(CO)c1ccccc1)C2.C[N+](=O)[O-]. The Morgan fingerprint density at radius 3 is 2.32 bits per heavy atom. The lowest BCUT2D eigenvalue weighted by Gasteiger charge is -2.36. The largest absolute Gasteiger partial charge is 0.462 e. The first-order valence-corrected chi connectivity index (χ1v) is 8.58. The summed E-state index contributed by atoms with van der Waals surface area (Å²) in [5, 5.41) is 18.3. The van der Waals surface area contributed by atoms with Crippen molar-refractivity contribution in [1.82, 2.24) is 4.90 Å². The van der Waals surface area contributed by atoms with Gasteiger partial charge in [-0.3, -0.25) is 14.9 Å². The summed E-state index contributed by atoms with van der Waals surface area (Å²) in [5.74, 6) is -0.860. The molecule has 138 valence electrons. The minimum atomic E-state index is -0.566. The number of piperidine rings is 1. The van der Waals surface area contributed by atoms with E-state index < -0.39 is 10.8 Å². The first-order chi connectivity index (χ1) is 11.9. The maximum atomic E-state index is 12.4. The molecule has 0 aliphatic carbocycles. The van der Waals surface area contributed by atoms with Crippen LogP contribution in [0.2, 0.25) is 0 Å². The Labute approximate surface area is 147 Å². The number of aliphatic hydroxyl groups is 1. The zero-order chi connectivity index (χ0) is 18.4. The van der Waals surface area contributed by atoms with Crippen molar-refractivity contribution in [2.75, 3.05) is 20.7 Å². The highest BCUT2D eigenvalue weighted by atomic mass is 16.6. The molecule has 1 N–H and O–H groups in total. The monoisotopic (exact) mass is 350 g/mol. The molecule has 3 unspecified atom stereocenters. The molecular formula is C18H26N2O5. The van der Waals surface area contributed by atoms with Crippen molar-refractivity contribution in [3.8, 4) is 0 Å².